The van der Waals surface area contributed by atoms with Crippen LogP contribution in [0.4, 0.5) is 0 Å². The third-order valence-electron chi connectivity index (χ3n) is 5.32. The Kier molecular flexibility index (Phi) is 4.96. The highest BCUT2D eigenvalue weighted by molar-refractivity contribution is 5.94. The number of carboxylic acids is 1. The molecule has 1 amide bonds. The van der Waals surface area contributed by atoms with Crippen molar-refractivity contribution in [3.8, 4) is 0 Å². The quantitative estimate of drug-likeness (QED) is 0.861. The molecule has 3 rings (SSSR count). The molecule has 2 N–H and O–H groups in total. The van der Waals surface area contributed by atoms with Crippen LogP contribution in [0.1, 0.15) is 36.0 Å². The van der Waals surface area contributed by atoms with Gasteiger partial charge in [-0.3, -0.25) is 9.59 Å². The van der Waals surface area contributed by atoms with Gasteiger partial charge in [0.1, 0.15) is 12.0 Å². The highest BCUT2D eigenvalue weighted by Crippen LogP contribution is 2.23. The predicted molar refractivity (Wildman–Crippen MR) is 86.4 cm³/mol. The average Bonchev–Trinajstić information content (AvgIpc) is 2.62. The van der Waals surface area contributed by atoms with Crippen molar-refractivity contribution in [3.05, 3.63) is 35.9 Å². The highest BCUT2D eigenvalue weighted by atomic mass is 16.4. The van der Waals surface area contributed by atoms with Gasteiger partial charge >= 0.3 is 5.97 Å². The number of rotatable bonds is 3. The molecule has 124 valence electrons. The van der Waals surface area contributed by atoms with E-state index in [4.69, 9.17) is 0 Å². The van der Waals surface area contributed by atoms with Crippen molar-refractivity contribution < 1.29 is 19.6 Å². The molecule has 1 aliphatic heterocycles. The molecule has 1 heterocycles. The summed E-state index contributed by atoms with van der Waals surface area (Å²) in [6.07, 6.45) is 3.96. The molecular weight excluding hydrogens is 292 g/mol. The molecule has 1 aliphatic carbocycles. The summed E-state index contributed by atoms with van der Waals surface area (Å²) in [6, 6.07) is 9.60. The fourth-order valence-electron chi connectivity index (χ4n) is 4.05. The van der Waals surface area contributed by atoms with Gasteiger partial charge in [-0.15, -0.1) is 0 Å². The zero-order valence-corrected chi connectivity index (χ0v) is 13.4. The minimum absolute atomic E-state index is 0.0862. The van der Waals surface area contributed by atoms with Crippen LogP contribution in [0, 0.1) is 5.92 Å². The Labute approximate surface area is 136 Å². The fourth-order valence-corrected chi connectivity index (χ4v) is 4.05. The van der Waals surface area contributed by atoms with E-state index in [0.29, 0.717) is 13.1 Å². The number of aliphatic carboxylic acids is 1. The molecule has 0 spiro atoms. The molecule has 23 heavy (non-hydrogen) atoms. The number of benzene rings is 1. The van der Waals surface area contributed by atoms with Gasteiger partial charge in [-0.2, -0.15) is 0 Å². The summed E-state index contributed by atoms with van der Waals surface area (Å²) in [5.41, 5.74) is 0.733. The first-order valence-corrected chi connectivity index (χ1v) is 8.58. The van der Waals surface area contributed by atoms with Crippen molar-refractivity contribution in [3.63, 3.8) is 0 Å². The normalized spacial score (nSPS) is 26.0. The molecule has 2 atom stereocenters. The number of piperazine rings is 1. The van der Waals surface area contributed by atoms with Gasteiger partial charge in [0, 0.05) is 12.0 Å². The maximum atomic E-state index is 12.5. The SMILES string of the molecule is O=C(O)[C@H]1CCCC[C@@H]1[NH+]1CCN(C(=O)c2ccccc2)CC1. The Morgan fingerprint density at radius 2 is 1.70 bits per heavy atom. The molecule has 0 unspecified atom stereocenters. The van der Waals surface area contributed by atoms with Crippen LogP contribution in [-0.2, 0) is 4.79 Å². The van der Waals surface area contributed by atoms with Gasteiger partial charge in [-0.05, 0) is 25.0 Å². The summed E-state index contributed by atoms with van der Waals surface area (Å²) in [4.78, 5) is 27.2. The lowest BCUT2D eigenvalue weighted by atomic mass is 9.83. The fraction of sp³-hybridized carbons (Fsp3) is 0.556. The Morgan fingerprint density at radius 1 is 1.04 bits per heavy atom. The Bertz CT molecular complexity index is 553. The van der Waals surface area contributed by atoms with E-state index in [1.807, 2.05) is 35.2 Å². The van der Waals surface area contributed by atoms with Crippen molar-refractivity contribution in [2.75, 3.05) is 26.2 Å². The monoisotopic (exact) mass is 317 g/mol. The standard InChI is InChI=1S/C18H24N2O3/c21-17(14-6-2-1-3-7-14)20-12-10-19(11-13-20)16-9-5-4-8-15(16)18(22)23/h1-3,6-7,15-16H,4-5,8-13H2,(H,22,23)/p+1/t15-,16-/m0/s1. The highest BCUT2D eigenvalue weighted by Gasteiger charge is 2.39. The van der Waals surface area contributed by atoms with E-state index in [2.05, 4.69) is 0 Å². The van der Waals surface area contributed by atoms with E-state index in [-0.39, 0.29) is 17.9 Å². The second-order valence-corrected chi connectivity index (χ2v) is 6.65. The summed E-state index contributed by atoms with van der Waals surface area (Å²) in [7, 11) is 0. The molecule has 1 aromatic rings. The number of hydrogen-bond donors (Lipinski definition) is 2. The molecule has 0 bridgehead atoms. The lowest BCUT2D eigenvalue weighted by molar-refractivity contribution is -0.933. The van der Waals surface area contributed by atoms with Gasteiger partial charge in [-0.1, -0.05) is 24.6 Å². The third-order valence-corrected chi connectivity index (χ3v) is 5.32. The smallest absolute Gasteiger partial charge is 0.312 e. The number of carbonyl (C=O) groups excluding carboxylic acids is 1. The van der Waals surface area contributed by atoms with Crippen molar-refractivity contribution in [2.45, 2.75) is 31.7 Å². The van der Waals surface area contributed by atoms with Crippen LogP contribution in [-0.4, -0.2) is 54.1 Å². The van der Waals surface area contributed by atoms with Crippen LogP contribution >= 0.6 is 0 Å². The molecule has 2 aliphatic rings. The van der Waals surface area contributed by atoms with Gasteiger partial charge in [0.25, 0.3) is 5.91 Å². The van der Waals surface area contributed by atoms with E-state index in [0.717, 1.165) is 44.3 Å². The van der Waals surface area contributed by atoms with Crippen molar-refractivity contribution in [1.29, 1.82) is 0 Å². The maximum Gasteiger partial charge on any atom is 0.312 e. The summed E-state index contributed by atoms with van der Waals surface area (Å²) >= 11 is 0. The summed E-state index contributed by atoms with van der Waals surface area (Å²) in [6.45, 7) is 3.14. The predicted octanol–water partition coefficient (Wildman–Crippen LogP) is 0.671. The van der Waals surface area contributed by atoms with Crippen LogP contribution < -0.4 is 4.90 Å². The molecule has 0 aromatic heterocycles. The lowest BCUT2D eigenvalue weighted by Crippen LogP contribution is -3.19. The second-order valence-electron chi connectivity index (χ2n) is 6.65. The molecule has 1 saturated heterocycles. The molecule has 2 fully saturated rings. The molecule has 5 heteroatoms. The van der Waals surface area contributed by atoms with Crippen molar-refractivity contribution >= 4 is 11.9 Å². The first-order valence-electron chi connectivity index (χ1n) is 8.58. The average molecular weight is 317 g/mol. The van der Waals surface area contributed by atoms with E-state index in [9.17, 15) is 14.7 Å². The van der Waals surface area contributed by atoms with Gasteiger partial charge in [-0.25, -0.2) is 0 Å². The van der Waals surface area contributed by atoms with Gasteiger partial charge in [0.2, 0.25) is 0 Å². The van der Waals surface area contributed by atoms with E-state index in [1.165, 1.54) is 4.90 Å². The van der Waals surface area contributed by atoms with E-state index in [1.54, 1.807) is 0 Å². The number of carbonyl (C=O) groups is 2. The molecule has 1 saturated carbocycles. The van der Waals surface area contributed by atoms with E-state index >= 15 is 0 Å². The summed E-state index contributed by atoms with van der Waals surface area (Å²) < 4.78 is 0. The number of nitrogens with one attached hydrogen (secondary N) is 1. The van der Waals surface area contributed by atoms with E-state index < -0.39 is 5.97 Å². The number of carboxylic acid groups (broad SMARTS) is 1. The van der Waals surface area contributed by atoms with Crippen LogP contribution in [0.15, 0.2) is 30.3 Å². The van der Waals surface area contributed by atoms with Crippen LogP contribution in [0.5, 0.6) is 0 Å². The van der Waals surface area contributed by atoms with Gasteiger partial charge in [0.05, 0.1) is 26.2 Å². The molecular formula is C18H25N2O3+. The van der Waals surface area contributed by atoms with Crippen LogP contribution in [0.2, 0.25) is 0 Å². The molecule has 1 aromatic carbocycles. The topological polar surface area (TPSA) is 62.0 Å². The van der Waals surface area contributed by atoms with Crippen molar-refractivity contribution in [1.82, 2.24) is 4.90 Å². The van der Waals surface area contributed by atoms with Crippen LogP contribution in [0.3, 0.4) is 0 Å². The van der Waals surface area contributed by atoms with Gasteiger partial charge in [0.15, 0.2) is 0 Å². The summed E-state index contributed by atoms with van der Waals surface area (Å²) in [5, 5.41) is 9.45. The number of amides is 1. The Morgan fingerprint density at radius 3 is 2.35 bits per heavy atom. The minimum Gasteiger partial charge on any atom is -0.481 e. The lowest BCUT2D eigenvalue weighted by Gasteiger charge is -2.40. The second kappa shape index (κ2) is 7.13. The van der Waals surface area contributed by atoms with Crippen LogP contribution in [0.25, 0.3) is 0 Å². The van der Waals surface area contributed by atoms with Crippen molar-refractivity contribution in [2.24, 2.45) is 5.92 Å². The first-order chi connectivity index (χ1) is 11.2. The molecule has 5 nitrogen and oxygen atoms in total. The zero-order valence-electron chi connectivity index (χ0n) is 13.4. The zero-order chi connectivity index (χ0) is 16.2. The number of hydrogen-bond acceptors (Lipinski definition) is 2. The number of quaternary nitrogens is 1. The van der Waals surface area contributed by atoms with Gasteiger partial charge < -0.3 is 14.9 Å². The third kappa shape index (κ3) is 3.55. The first kappa shape index (κ1) is 16.0. The maximum absolute atomic E-state index is 12.5. The Hall–Kier alpha value is -1.88. The largest absolute Gasteiger partial charge is 0.481 e. The number of nitrogens with zero attached hydrogens (tertiary/aromatic N) is 1. The Balaban J connectivity index is 1.59. The molecule has 0 radical (unpaired) electrons. The summed E-state index contributed by atoms with van der Waals surface area (Å²) in [5.74, 6) is -0.775. The minimum atomic E-state index is -0.648.